The fourth-order valence-corrected chi connectivity index (χ4v) is 2.24. The van der Waals surface area contributed by atoms with Crippen LogP contribution in [-0.2, 0) is 19.4 Å². The highest BCUT2D eigenvalue weighted by atomic mass is 32.2. The second-order valence-corrected chi connectivity index (χ2v) is 6.11. The van der Waals surface area contributed by atoms with E-state index in [0.29, 0.717) is 11.4 Å². The average molecular weight is 294 g/mol. The molecule has 0 saturated carbocycles. The zero-order valence-electron chi connectivity index (χ0n) is 10.8. The standard InChI is InChI=1S/C13H14N2O4S/c1-3-8-20(18,19)9-13(17)15-12-6-4-11(5-7-12)14-10(2)16/h1,4-7H,8-9H2,2H3,(H,14,16)(H,15,17). The molecule has 2 N–H and O–H groups in total. The van der Waals surface area contributed by atoms with Crippen LogP contribution in [0.2, 0.25) is 0 Å². The predicted molar refractivity (Wildman–Crippen MR) is 76.9 cm³/mol. The summed E-state index contributed by atoms with van der Waals surface area (Å²) in [4.78, 5) is 22.4. The molecule has 7 heteroatoms. The summed E-state index contributed by atoms with van der Waals surface area (Å²) >= 11 is 0. The Hall–Kier alpha value is -2.33. The summed E-state index contributed by atoms with van der Waals surface area (Å²) in [5.41, 5.74) is 1.01. The minimum absolute atomic E-state index is 0.206. The van der Waals surface area contributed by atoms with Gasteiger partial charge in [-0.05, 0) is 24.3 Å². The van der Waals surface area contributed by atoms with Gasteiger partial charge in [0.15, 0.2) is 9.84 Å². The van der Waals surface area contributed by atoms with Crippen LogP contribution >= 0.6 is 0 Å². The number of carbonyl (C=O) groups excluding carboxylic acids is 2. The summed E-state index contributed by atoms with van der Waals surface area (Å²) < 4.78 is 22.7. The molecule has 0 radical (unpaired) electrons. The molecule has 0 aliphatic heterocycles. The number of rotatable bonds is 5. The Labute approximate surface area is 117 Å². The summed E-state index contributed by atoms with van der Waals surface area (Å²) in [5, 5.41) is 5.01. The van der Waals surface area contributed by atoms with E-state index in [1.165, 1.54) is 6.92 Å². The van der Waals surface area contributed by atoms with Crippen molar-refractivity contribution in [2.24, 2.45) is 0 Å². The highest BCUT2D eigenvalue weighted by Crippen LogP contribution is 2.13. The number of hydrogen-bond acceptors (Lipinski definition) is 4. The smallest absolute Gasteiger partial charge is 0.239 e. The second kappa shape index (κ2) is 6.73. The molecule has 0 aliphatic rings. The molecule has 0 bridgehead atoms. The summed E-state index contributed by atoms with van der Waals surface area (Å²) in [7, 11) is -3.58. The number of nitrogens with one attached hydrogen (secondary N) is 2. The van der Waals surface area contributed by atoms with Gasteiger partial charge in [0, 0.05) is 18.3 Å². The lowest BCUT2D eigenvalue weighted by atomic mass is 10.3. The maximum atomic E-state index is 11.5. The molecule has 0 saturated heterocycles. The highest BCUT2D eigenvalue weighted by Gasteiger charge is 2.15. The van der Waals surface area contributed by atoms with Gasteiger partial charge in [-0.15, -0.1) is 6.42 Å². The summed E-state index contributed by atoms with van der Waals surface area (Å²) in [6, 6.07) is 6.29. The van der Waals surface area contributed by atoms with Crippen molar-refractivity contribution in [2.75, 3.05) is 22.1 Å². The van der Waals surface area contributed by atoms with Crippen LogP contribution in [0.1, 0.15) is 6.92 Å². The fourth-order valence-electron chi connectivity index (χ4n) is 1.41. The zero-order chi connectivity index (χ0) is 15.2. The molecule has 0 heterocycles. The Morgan fingerprint density at radius 2 is 1.65 bits per heavy atom. The van der Waals surface area contributed by atoms with E-state index in [0.717, 1.165) is 0 Å². The van der Waals surface area contributed by atoms with Crippen LogP contribution in [0.3, 0.4) is 0 Å². The molecule has 1 aromatic carbocycles. The molecule has 1 rings (SSSR count). The van der Waals surface area contributed by atoms with Crippen molar-refractivity contribution >= 4 is 33.0 Å². The number of hydrogen-bond donors (Lipinski definition) is 2. The van der Waals surface area contributed by atoms with Gasteiger partial charge in [-0.25, -0.2) is 8.42 Å². The van der Waals surface area contributed by atoms with E-state index in [2.05, 4.69) is 10.6 Å². The van der Waals surface area contributed by atoms with Crippen LogP contribution in [0.4, 0.5) is 11.4 Å². The Morgan fingerprint density at radius 3 is 2.10 bits per heavy atom. The number of amides is 2. The Bertz CT molecular complexity index is 642. The third kappa shape index (κ3) is 5.54. The van der Waals surface area contributed by atoms with Gasteiger partial charge >= 0.3 is 0 Å². The fraction of sp³-hybridized carbons (Fsp3) is 0.231. The molecule has 2 amide bonds. The van der Waals surface area contributed by atoms with Gasteiger partial charge in [0.05, 0.1) is 0 Å². The van der Waals surface area contributed by atoms with Gasteiger partial charge in [0.25, 0.3) is 0 Å². The lowest BCUT2D eigenvalue weighted by molar-refractivity contribution is -0.114. The molecule has 106 valence electrons. The quantitative estimate of drug-likeness (QED) is 0.779. The molecule has 0 spiro atoms. The van der Waals surface area contributed by atoms with E-state index >= 15 is 0 Å². The first-order valence-electron chi connectivity index (χ1n) is 5.64. The lowest BCUT2D eigenvalue weighted by Gasteiger charge is -2.06. The van der Waals surface area contributed by atoms with E-state index in [1.807, 2.05) is 5.92 Å². The number of carbonyl (C=O) groups is 2. The molecular weight excluding hydrogens is 280 g/mol. The summed E-state index contributed by atoms with van der Waals surface area (Å²) in [6.45, 7) is 1.38. The highest BCUT2D eigenvalue weighted by molar-refractivity contribution is 7.92. The molecular formula is C13H14N2O4S. The van der Waals surface area contributed by atoms with Gasteiger partial charge in [-0.2, -0.15) is 0 Å². The van der Waals surface area contributed by atoms with Gasteiger partial charge in [-0.1, -0.05) is 5.92 Å². The molecule has 1 aromatic rings. The van der Waals surface area contributed by atoms with E-state index in [-0.39, 0.29) is 5.91 Å². The average Bonchev–Trinajstić information content (AvgIpc) is 2.29. The number of anilines is 2. The first-order chi connectivity index (χ1) is 9.32. The van der Waals surface area contributed by atoms with Gasteiger partial charge < -0.3 is 10.6 Å². The van der Waals surface area contributed by atoms with Crippen molar-refractivity contribution in [3.8, 4) is 12.3 Å². The topological polar surface area (TPSA) is 92.3 Å². The van der Waals surface area contributed by atoms with Crippen LogP contribution in [0, 0.1) is 12.3 Å². The molecule has 0 aromatic heterocycles. The molecule has 0 fully saturated rings. The van der Waals surface area contributed by atoms with E-state index < -0.39 is 27.3 Å². The second-order valence-electron chi connectivity index (χ2n) is 4.04. The molecule has 6 nitrogen and oxygen atoms in total. The van der Waals surface area contributed by atoms with Crippen molar-refractivity contribution < 1.29 is 18.0 Å². The van der Waals surface area contributed by atoms with Crippen LogP contribution in [0.5, 0.6) is 0 Å². The minimum Gasteiger partial charge on any atom is -0.326 e. The first-order valence-corrected chi connectivity index (χ1v) is 7.46. The van der Waals surface area contributed by atoms with Crippen molar-refractivity contribution in [1.29, 1.82) is 0 Å². The number of benzene rings is 1. The largest absolute Gasteiger partial charge is 0.326 e. The normalized spacial score (nSPS) is 10.4. The maximum absolute atomic E-state index is 11.5. The van der Waals surface area contributed by atoms with Crippen molar-refractivity contribution in [1.82, 2.24) is 0 Å². The molecule has 0 aliphatic carbocycles. The Balaban J connectivity index is 2.63. The van der Waals surface area contributed by atoms with E-state index in [1.54, 1.807) is 24.3 Å². The zero-order valence-corrected chi connectivity index (χ0v) is 11.7. The van der Waals surface area contributed by atoms with E-state index in [9.17, 15) is 18.0 Å². The molecule has 0 atom stereocenters. The Kier molecular flexibility index (Phi) is 5.29. The van der Waals surface area contributed by atoms with Crippen LogP contribution in [-0.4, -0.2) is 31.7 Å². The van der Waals surface area contributed by atoms with Gasteiger partial charge in [-0.3, -0.25) is 9.59 Å². The van der Waals surface area contributed by atoms with Gasteiger partial charge in [0.2, 0.25) is 11.8 Å². The molecule has 20 heavy (non-hydrogen) atoms. The SMILES string of the molecule is C#CCS(=O)(=O)CC(=O)Nc1ccc(NC(C)=O)cc1. The van der Waals surface area contributed by atoms with Crippen LogP contribution < -0.4 is 10.6 Å². The number of terminal acetylenes is 1. The summed E-state index contributed by atoms with van der Waals surface area (Å²) in [6.07, 6.45) is 4.90. The maximum Gasteiger partial charge on any atom is 0.239 e. The van der Waals surface area contributed by atoms with E-state index in [4.69, 9.17) is 6.42 Å². The minimum atomic E-state index is -3.58. The predicted octanol–water partition coefficient (Wildman–Crippen LogP) is 0.631. The third-order valence-electron chi connectivity index (χ3n) is 2.14. The number of sulfone groups is 1. The van der Waals surface area contributed by atoms with Gasteiger partial charge in [0.1, 0.15) is 11.5 Å². The third-order valence-corrected chi connectivity index (χ3v) is 3.45. The van der Waals surface area contributed by atoms with Crippen molar-refractivity contribution in [3.05, 3.63) is 24.3 Å². The molecule has 0 unspecified atom stereocenters. The first kappa shape index (κ1) is 15.7. The van der Waals surface area contributed by atoms with Crippen LogP contribution in [0.15, 0.2) is 24.3 Å². The monoisotopic (exact) mass is 294 g/mol. The Morgan fingerprint density at radius 1 is 1.15 bits per heavy atom. The van der Waals surface area contributed by atoms with Crippen molar-refractivity contribution in [3.63, 3.8) is 0 Å². The lowest BCUT2D eigenvalue weighted by Crippen LogP contribution is -2.24. The van der Waals surface area contributed by atoms with Crippen molar-refractivity contribution in [2.45, 2.75) is 6.92 Å². The van der Waals surface area contributed by atoms with Crippen LogP contribution in [0.25, 0.3) is 0 Å². The summed E-state index contributed by atoms with van der Waals surface area (Å²) in [5.74, 6) is -0.00374.